The summed E-state index contributed by atoms with van der Waals surface area (Å²) in [4.78, 5) is 55.7. The van der Waals surface area contributed by atoms with Crippen LogP contribution in [0.15, 0.2) is 67.1 Å². The number of amides is 3. The number of piperidine rings is 3. The molecule has 0 unspecified atom stereocenters. The minimum Gasteiger partial charge on any atom is -0.492 e. The molecule has 7 aliphatic heterocycles. The Morgan fingerprint density at radius 2 is 0.904 bits per heavy atom. The van der Waals surface area contributed by atoms with E-state index < -0.39 is 62.0 Å². The molecule has 0 bridgehead atoms. The van der Waals surface area contributed by atoms with Crippen LogP contribution >= 0.6 is 48.6 Å². The highest BCUT2D eigenvalue weighted by atomic mass is 35.5. The van der Waals surface area contributed by atoms with E-state index in [4.69, 9.17) is 24.2 Å². The molecular weight excluding hydrogens is 1360 g/mol. The Bertz CT molecular complexity index is 3390. The van der Waals surface area contributed by atoms with Gasteiger partial charge >= 0.3 is 0 Å². The summed E-state index contributed by atoms with van der Waals surface area (Å²) in [6, 6.07) is 16.3. The van der Waals surface area contributed by atoms with Gasteiger partial charge in [0.15, 0.2) is 14.2 Å². The van der Waals surface area contributed by atoms with Gasteiger partial charge in [-0.1, -0.05) is 19.4 Å². The largest absolute Gasteiger partial charge is 0.492 e. The van der Waals surface area contributed by atoms with E-state index in [0.29, 0.717) is 84.4 Å². The Morgan fingerprint density at radius 1 is 0.532 bits per heavy atom. The maximum Gasteiger partial charge on any atom is 0.266 e. The minimum absolute atomic E-state index is 0. The Labute approximate surface area is 574 Å². The van der Waals surface area contributed by atoms with Crippen molar-refractivity contribution in [1.82, 2.24) is 44.3 Å². The number of pyridine rings is 3. The van der Waals surface area contributed by atoms with Crippen LogP contribution in [-0.4, -0.2) is 199 Å². The number of rotatable bonds is 18. The third-order valence-electron chi connectivity index (χ3n) is 19.1. The first-order chi connectivity index (χ1) is 43.8. The molecule has 33 heteroatoms. The lowest BCUT2D eigenvalue weighted by atomic mass is 9.94. The fraction of sp³-hybridized carbons (Fsp3) is 0.639. The molecule has 7 fully saturated rings. The quantitative estimate of drug-likeness (QED) is 0.0331. The van der Waals surface area contributed by atoms with Crippen molar-refractivity contribution in [3.05, 3.63) is 89.1 Å². The third-order valence-corrected chi connectivity index (χ3v) is 28.1. The molecule has 0 radical (unpaired) electrons. The van der Waals surface area contributed by atoms with E-state index in [1.54, 1.807) is 34.0 Å². The predicted molar refractivity (Wildman–Crippen MR) is 360 cm³/mol. The number of unbranched alkanes of at least 4 members (excludes halogenated alkanes) is 1. The number of ether oxygens (including phenoxy) is 4. The number of anilines is 1. The number of hydroxylamine groups is 3. The van der Waals surface area contributed by atoms with Gasteiger partial charge in [-0.3, -0.25) is 45.0 Å². The number of sulfonamides is 3. The number of hydrogen-bond acceptors (Lipinski definition) is 21. The summed E-state index contributed by atoms with van der Waals surface area (Å²) in [6.45, 7) is 9.97. The topological polar surface area (TPSA) is 339 Å². The van der Waals surface area contributed by atoms with Gasteiger partial charge in [0.05, 0.1) is 24.7 Å². The van der Waals surface area contributed by atoms with Crippen LogP contribution in [0, 0.1) is 6.92 Å². The first kappa shape index (κ1) is 78.5. The fourth-order valence-electron chi connectivity index (χ4n) is 13.4. The highest BCUT2D eigenvalue weighted by Gasteiger charge is 2.57. The predicted octanol–water partition coefficient (Wildman–Crippen LogP) is 7.02. The SMILES string of the molecule is CCCCOc1ccc(C2CCN(S(=O)(=O)C3(C(=O)NO)CCOCC3)CC2)nc1.Cc1ccc(-c2ccc(C3CCN(S(=O)(=O)C4(C(=O)NO)CCOCC4)CC3)nc2)s1.Cl.Cl.Cl.O=C(NO)C1(S(=O)(=O)N2CCC(c3ccc(N4CCCC4)cn3)CC2)CCOCC1. The maximum absolute atomic E-state index is 13.4. The molecule has 7 saturated heterocycles. The zero-order chi connectivity index (χ0) is 64.9. The van der Waals surface area contributed by atoms with Crippen molar-refractivity contribution < 1.29 is 74.2 Å². The second-order valence-corrected chi connectivity index (χ2v) is 32.3. The van der Waals surface area contributed by atoms with Gasteiger partial charge in [-0.15, -0.1) is 48.6 Å². The number of hydrogen-bond donors (Lipinski definition) is 6. The van der Waals surface area contributed by atoms with Crippen molar-refractivity contribution in [3.8, 4) is 16.2 Å². The molecule has 11 rings (SSSR count). The van der Waals surface area contributed by atoms with Crippen LogP contribution in [0.1, 0.15) is 149 Å². The molecule has 4 aromatic rings. The van der Waals surface area contributed by atoms with Gasteiger partial charge in [0.25, 0.3) is 17.7 Å². The summed E-state index contributed by atoms with van der Waals surface area (Å²) in [7, 11) is -11.8. The van der Waals surface area contributed by atoms with Crippen LogP contribution < -0.4 is 26.1 Å². The molecule has 0 aliphatic carbocycles. The molecular formula is C61H91Cl3N10O16S4. The van der Waals surface area contributed by atoms with Gasteiger partial charge in [0.1, 0.15) is 5.75 Å². The lowest BCUT2D eigenvalue weighted by molar-refractivity contribution is -0.135. The highest BCUT2D eigenvalue weighted by Crippen LogP contribution is 2.41. The molecule has 0 atom stereocenters. The summed E-state index contributed by atoms with van der Waals surface area (Å²) >= 11 is 1.73. The number of aryl methyl sites for hydroxylation is 1. The smallest absolute Gasteiger partial charge is 0.266 e. The molecule has 94 heavy (non-hydrogen) atoms. The van der Waals surface area contributed by atoms with Crippen LogP contribution in [0.3, 0.4) is 0 Å². The van der Waals surface area contributed by atoms with E-state index in [0.717, 1.165) is 60.0 Å². The van der Waals surface area contributed by atoms with Gasteiger partial charge in [-0.2, -0.15) is 0 Å². The molecule has 0 saturated carbocycles. The number of thiophene rings is 1. The molecule has 11 heterocycles. The van der Waals surface area contributed by atoms with E-state index in [1.165, 1.54) is 35.5 Å². The number of nitrogens with zero attached hydrogens (tertiary/aromatic N) is 7. The first-order valence-electron chi connectivity index (χ1n) is 31.7. The Balaban J connectivity index is 0.000000220. The number of carbonyl (C=O) groups excluding carboxylic acids is 3. The normalized spacial score (nSPS) is 20.8. The van der Waals surface area contributed by atoms with E-state index >= 15 is 0 Å². The lowest BCUT2D eigenvalue weighted by Gasteiger charge is -2.40. The number of aromatic nitrogens is 3. The molecule has 26 nitrogen and oxygen atoms in total. The van der Waals surface area contributed by atoms with Crippen molar-refractivity contribution in [1.29, 1.82) is 0 Å². The number of carbonyl (C=O) groups is 3. The minimum atomic E-state index is -3.94. The molecule has 0 aromatic carbocycles. The Morgan fingerprint density at radius 3 is 1.21 bits per heavy atom. The van der Waals surface area contributed by atoms with Crippen LogP contribution in [0.25, 0.3) is 10.4 Å². The number of nitrogens with one attached hydrogen (secondary N) is 3. The second kappa shape index (κ2) is 35.3. The fourth-order valence-corrected chi connectivity index (χ4v) is 20.7. The summed E-state index contributed by atoms with van der Waals surface area (Å²) in [6.07, 6.45) is 14.1. The lowest BCUT2D eigenvalue weighted by Crippen LogP contribution is -2.60. The van der Waals surface area contributed by atoms with Crippen LogP contribution in [-0.2, 0) is 58.7 Å². The van der Waals surface area contributed by atoms with Crippen molar-refractivity contribution in [2.45, 2.75) is 149 Å². The zero-order valence-corrected chi connectivity index (χ0v) is 58.9. The third kappa shape index (κ3) is 17.1. The molecule has 6 N–H and O–H groups in total. The van der Waals surface area contributed by atoms with Crippen molar-refractivity contribution in [2.75, 3.05) is 104 Å². The maximum atomic E-state index is 13.4. The summed E-state index contributed by atoms with van der Waals surface area (Å²) in [5.74, 6) is -1.37. The molecule has 4 aromatic heterocycles. The molecule has 3 amide bonds. The summed E-state index contributed by atoms with van der Waals surface area (Å²) in [5.41, 5.74) is 9.79. The van der Waals surface area contributed by atoms with E-state index in [9.17, 15) is 50.1 Å². The van der Waals surface area contributed by atoms with E-state index in [1.807, 2.05) is 30.6 Å². The van der Waals surface area contributed by atoms with Gasteiger partial charge in [0, 0.05) is 187 Å². The van der Waals surface area contributed by atoms with Crippen molar-refractivity contribution in [3.63, 3.8) is 0 Å². The van der Waals surface area contributed by atoms with Gasteiger partial charge in [0.2, 0.25) is 30.1 Å². The molecule has 7 aliphatic rings. The standard InChI is InChI=1S/C21H27N3O5S2.C20H30N4O5S.C20H31N3O6S.3ClH/c1-15-2-5-19(30-15)17-3-4-18(22-14-17)16-6-10-24(11-7-16)31(27,28)21(20(25)23-26)8-12-29-13-9-21;25-19(22-26)20(7-13-29-14-8-20)30(27,28)24-11-5-16(6-12-24)18-4-3-17(15-21-18)23-9-1-2-10-23;1-2-3-12-29-17-4-5-18(21-15-17)16-6-10-23(11-7-16)30(26,27)20(19(24)22-25)8-13-28-14-9-20;;;/h2-5,14,16,26H,6-13H2,1H3,(H,23,25);3-4,15-16,26H,1-2,5-14H2,(H,22,25);4-5,15-16,25H,2-3,6-14H2,1H3,(H,22,24);3*1H. The van der Waals surface area contributed by atoms with E-state index in [-0.39, 0.29) is 133 Å². The average Bonchev–Trinajstić information content (AvgIpc) is 0.922. The van der Waals surface area contributed by atoms with Gasteiger partial charge in [-0.05, 0) is 107 Å². The van der Waals surface area contributed by atoms with Crippen LogP contribution in [0.2, 0.25) is 0 Å². The van der Waals surface area contributed by atoms with Gasteiger partial charge in [-0.25, -0.2) is 54.6 Å². The zero-order valence-electron chi connectivity index (χ0n) is 53.1. The van der Waals surface area contributed by atoms with E-state index in [2.05, 4.69) is 64.0 Å². The number of halogens is 3. The Hall–Kier alpha value is -4.48. The van der Waals surface area contributed by atoms with Gasteiger partial charge < -0.3 is 23.8 Å². The summed E-state index contributed by atoms with van der Waals surface area (Å²) < 4.78 is 101. The first-order valence-corrected chi connectivity index (χ1v) is 36.8. The molecule has 526 valence electrons. The van der Waals surface area contributed by atoms with Crippen LogP contribution in [0.5, 0.6) is 5.75 Å². The average molecular weight is 1460 g/mol. The highest BCUT2D eigenvalue weighted by molar-refractivity contribution is 7.92. The summed E-state index contributed by atoms with van der Waals surface area (Å²) in [5, 5.41) is 27.5. The second-order valence-electron chi connectivity index (χ2n) is 24.3. The monoisotopic (exact) mass is 1450 g/mol. The van der Waals surface area contributed by atoms with Crippen molar-refractivity contribution in [2.24, 2.45) is 0 Å². The Kier molecular flexibility index (Phi) is 29.5. The molecule has 0 spiro atoms. The van der Waals surface area contributed by atoms with Crippen molar-refractivity contribution >= 4 is 102 Å². The van der Waals surface area contributed by atoms with Crippen LogP contribution in [0.4, 0.5) is 5.69 Å².